The van der Waals surface area contributed by atoms with Crippen molar-refractivity contribution in [1.82, 2.24) is 15.2 Å². The lowest BCUT2D eigenvalue weighted by Crippen LogP contribution is -2.45. The van der Waals surface area contributed by atoms with Gasteiger partial charge in [-0.25, -0.2) is 4.98 Å². The van der Waals surface area contributed by atoms with Crippen molar-refractivity contribution >= 4 is 23.2 Å². The highest BCUT2D eigenvalue weighted by atomic mass is 35.5. The molecule has 0 spiro atoms. The highest BCUT2D eigenvalue weighted by molar-refractivity contribution is 6.32. The number of hydrogen-bond acceptors (Lipinski definition) is 3. The van der Waals surface area contributed by atoms with Crippen LogP contribution >= 0.6 is 23.2 Å². The average Bonchev–Trinajstić information content (AvgIpc) is 2.41. The van der Waals surface area contributed by atoms with Crippen molar-refractivity contribution in [3.8, 4) is 0 Å². The number of pyridine rings is 1. The first kappa shape index (κ1) is 16.8. The number of rotatable bonds is 4. The molecule has 1 atom stereocenters. The second-order valence-corrected chi connectivity index (χ2v) is 5.71. The molecule has 118 valence electrons. The fourth-order valence-electron chi connectivity index (χ4n) is 2.50. The Labute approximate surface area is 131 Å². The molecule has 2 rings (SSSR count). The SMILES string of the molecule is FC(F)(F)CC[C@H](c1ccc(Cl)nc1Cl)N1CCNCC1. The molecule has 3 nitrogen and oxygen atoms in total. The van der Waals surface area contributed by atoms with Crippen LogP contribution < -0.4 is 5.32 Å². The maximum absolute atomic E-state index is 12.6. The molecule has 0 aromatic carbocycles. The van der Waals surface area contributed by atoms with Crippen molar-refractivity contribution in [3.05, 3.63) is 28.0 Å². The predicted molar refractivity (Wildman–Crippen MR) is 76.7 cm³/mol. The fraction of sp³-hybridized carbons (Fsp3) is 0.615. The number of hydrogen-bond donors (Lipinski definition) is 1. The van der Waals surface area contributed by atoms with Crippen molar-refractivity contribution in [2.45, 2.75) is 25.1 Å². The maximum Gasteiger partial charge on any atom is 0.389 e. The lowest BCUT2D eigenvalue weighted by Gasteiger charge is -2.35. The van der Waals surface area contributed by atoms with Gasteiger partial charge in [0.2, 0.25) is 0 Å². The van der Waals surface area contributed by atoms with Gasteiger partial charge in [-0.1, -0.05) is 29.3 Å². The molecule has 0 bridgehead atoms. The van der Waals surface area contributed by atoms with E-state index < -0.39 is 18.6 Å². The summed E-state index contributed by atoms with van der Waals surface area (Å²) in [5.74, 6) is 0. The van der Waals surface area contributed by atoms with Gasteiger partial charge >= 0.3 is 6.18 Å². The van der Waals surface area contributed by atoms with Crippen LogP contribution in [0.1, 0.15) is 24.4 Å². The second-order valence-electron chi connectivity index (χ2n) is 4.97. The van der Waals surface area contributed by atoms with Gasteiger partial charge in [-0.2, -0.15) is 13.2 Å². The van der Waals surface area contributed by atoms with Gasteiger partial charge in [0.05, 0.1) is 0 Å². The van der Waals surface area contributed by atoms with Crippen molar-refractivity contribution in [2.75, 3.05) is 26.2 Å². The summed E-state index contributed by atoms with van der Waals surface area (Å²) in [6.45, 7) is 2.87. The summed E-state index contributed by atoms with van der Waals surface area (Å²) in [7, 11) is 0. The third kappa shape index (κ3) is 4.98. The highest BCUT2D eigenvalue weighted by Crippen LogP contribution is 2.34. The lowest BCUT2D eigenvalue weighted by molar-refractivity contribution is -0.138. The maximum atomic E-state index is 12.6. The van der Waals surface area contributed by atoms with Gasteiger partial charge in [0.1, 0.15) is 10.3 Å². The Kier molecular flexibility index (Phi) is 5.71. The van der Waals surface area contributed by atoms with E-state index in [1.165, 1.54) is 0 Å². The standard InChI is InChI=1S/C13H16Cl2F3N3/c14-11-2-1-9(12(15)20-11)10(3-4-13(16,17)18)21-7-5-19-6-8-21/h1-2,10,19H,3-8H2/t10-/m1/s1. The number of aromatic nitrogens is 1. The van der Waals surface area contributed by atoms with E-state index >= 15 is 0 Å². The van der Waals surface area contributed by atoms with Crippen molar-refractivity contribution in [1.29, 1.82) is 0 Å². The lowest BCUT2D eigenvalue weighted by atomic mass is 10.0. The third-order valence-corrected chi connectivity index (χ3v) is 4.01. The van der Waals surface area contributed by atoms with E-state index in [1.54, 1.807) is 12.1 Å². The van der Waals surface area contributed by atoms with Gasteiger partial charge < -0.3 is 5.32 Å². The Morgan fingerprint density at radius 2 is 1.90 bits per heavy atom. The van der Waals surface area contributed by atoms with Gasteiger partial charge in [-0.05, 0) is 12.5 Å². The van der Waals surface area contributed by atoms with Crippen LogP contribution in [0.4, 0.5) is 13.2 Å². The first-order chi connectivity index (χ1) is 9.87. The highest BCUT2D eigenvalue weighted by Gasteiger charge is 2.32. The molecule has 1 saturated heterocycles. The molecule has 0 amide bonds. The van der Waals surface area contributed by atoms with E-state index in [-0.39, 0.29) is 16.7 Å². The van der Waals surface area contributed by atoms with E-state index in [9.17, 15) is 13.2 Å². The minimum atomic E-state index is -4.18. The van der Waals surface area contributed by atoms with Gasteiger partial charge in [-0.3, -0.25) is 4.90 Å². The summed E-state index contributed by atoms with van der Waals surface area (Å²) in [6.07, 6.45) is -5.06. The third-order valence-electron chi connectivity index (χ3n) is 3.50. The van der Waals surface area contributed by atoms with E-state index in [1.807, 2.05) is 4.90 Å². The normalized spacial score (nSPS) is 18.7. The Bertz CT molecular complexity index is 476. The number of halogens is 5. The number of piperazine rings is 1. The summed E-state index contributed by atoms with van der Waals surface area (Å²) in [5.41, 5.74) is 0.604. The van der Waals surface area contributed by atoms with Gasteiger partial charge in [-0.15, -0.1) is 0 Å². The van der Waals surface area contributed by atoms with E-state index in [4.69, 9.17) is 23.2 Å². The first-order valence-corrected chi connectivity index (χ1v) is 7.46. The Balaban J connectivity index is 2.21. The zero-order valence-corrected chi connectivity index (χ0v) is 12.8. The molecular weight excluding hydrogens is 326 g/mol. The van der Waals surface area contributed by atoms with E-state index in [2.05, 4.69) is 10.3 Å². The number of nitrogens with one attached hydrogen (secondary N) is 1. The molecule has 1 aromatic rings. The molecule has 1 fully saturated rings. The first-order valence-electron chi connectivity index (χ1n) is 6.70. The molecule has 2 heterocycles. The van der Waals surface area contributed by atoms with Gasteiger partial charge in [0.25, 0.3) is 0 Å². The van der Waals surface area contributed by atoms with Crippen molar-refractivity contribution in [2.24, 2.45) is 0 Å². The molecule has 1 aromatic heterocycles. The molecule has 0 saturated carbocycles. The summed E-state index contributed by atoms with van der Waals surface area (Å²) in [4.78, 5) is 5.95. The molecule has 0 aliphatic carbocycles. The largest absolute Gasteiger partial charge is 0.389 e. The smallest absolute Gasteiger partial charge is 0.314 e. The number of nitrogens with zero attached hydrogens (tertiary/aromatic N) is 2. The minimum Gasteiger partial charge on any atom is -0.314 e. The summed E-state index contributed by atoms with van der Waals surface area (Å²) < 4.78 is 37.7. The monoisotopic (exact) mass is 341 g/mol. The van der Waals surface area contributed by atoms with Crippen LogP contribution in [-0.4, -0.2) is 42.2 Å². The fourth-order valence-corrected chi connectivity index (χ4v) is 2.97. The Hall–Kier alpha value is -0.560. The molecule has 0 radical (unpaired) electrons. The van der Waals surface area contributed by atoms with Crippen LogP contribution in [0.3, 0.4) is 0 Å². The molecule has 8 heteroatoms. The Morgan fingerprint density at radius 1 is 1.24 bits per heavy atom. The van der Waals surface area contributed by atoms with Gasteiger partial charge in [0.15, 0.2) is 0 Å². The molecule has 21 heavy (non-hydrogen) atoms. The van der Waals surface area contributed by atoms with Crippen LogP contribution in [0.5, 0.6) is 0 Å². The van der Waals surface area contributed by atoms with Crippen LogP contribution in [-0.2, 0) is 0 Å². The topological polar surface area (TPSA) is 28.2 Å². The van der Waals surface area contributed by atoms with Crippen LogP contribution in [0.2, 0.25) is 10.3 Å². The molecule has 1 N–H and O–H groups in total. The minimum absolute atomic E-state index is 0.0352. The van der Waals surface area contributed by atoms with E-state index in [0.717, 1.165) is 13.1 Å². The van der Waals surface area contributed by atoms with Gasteiger partial charge in [0, 0.05) is 44.2 Å². The Morgan fingerprint density at radius 3 is 2.48 bits per heavy atom. The molecule has 0 unspecified atom stereocenters. The summed E-state index contributed by atoms with van der Waals surface area (Å²) >= 11 is 11.8. The van der Waals surface area contributed by atoms with Crippen molar-refractivity contribution < 1.29 is 13.2 Å². The predicted octanol–water partition coefficient (Wildman–Crippen LogP) is 3.68. The summed E-state index contributed by atoms with van der Waals surface area (Å²) in [5, 5.41) is 3.59. The quantitative estimate of drug-likeness (QED) is 0.847. The van der Waals surface area contributed by atoms with E-state index in [0.29, 0.717) is 18.7 Å². The summed E-state index contributed by atoms with van der Waals surface area (Å²) in [6, 6.07) is 2.83. The zero-order chi connectivity index (χ0) is 15.5. The number of alkyl halides is 3. The zero-order valence-electron chi connectivity index (χ0n) is 11.3. The second kappa shape index (κ2) is 7.13. The van der Waals surface area contributed by atoms with Crippen molar-refractivity contribution in [3.63, 3.8) is 0 Å². The molecular formula is C13H16Cl2F3N3. The van der Waals surface area contributed by atoms with Crippen LogP contribution in [0.25, 0.3) is 0 Å². The molecule has 1 aliphatic rings. The molecule has 1 aliphatic heterocycles. The average molecular weight is 342 g/mol. The van der Waals surface area contributed by atoms with Crippen LogP contribution in [0.15, 0.2) is 12.1 Å². The van der Waals surface area contributed by atoms with Crippen LogP contribution in [0, 0.1) is 0 Å².